The summed E-state index contributed by atoms with van der Waals surface area (Å²) >= 11 is 0. The molecular weight excluding hydrogens is 142 g/mol. The molecule has 0 amide bonds. The molecule has 0 saturated carbocycles. The second-order valence-electron chi connectivity index (χ2n) is 2.17. The summed E-state index contributed by atoms with van der Waals surface area (Å²) in [4.78, 5) is 20.9. The summed E-state index contributed by atoms with van der Waals surface area (Å²) in [5.74, 6) is 0. The molecule has 0 radical (unpaired) electrons. The standard InChI is InChI=1S/C7H5N3O/c11-3-6-1-5-2-8-4-9-7(5)10-6/h1-4H,(H,8,9,10). The summed E-state index contributed by atoms with van der Waals surface area (Å²) < 4.78 is 0. The number of hydrogen-bond acceptors (Lipinski definition) is 3. The van der Waals surface area contributed by atoms with Crippen molar-refractivity contribution < 1.29 is 4.79 Å². The van der Waals surface area contributed by atoms with E-state index in [0.717, 1.165) is 11.7 Å². The first-order valence-corrected chi connectivity index (χ1v) is 3.14. The monoisotopic (exact) mass is 147 g/mol. The first kappa shape index (κ1) is 6.03. The third-order valence-electron chi connectivity index (χ3n) is 1.44. The van der Waals surface area contributed by atoms with Crippen LogP contribution in [-0.4, -0.2) is 21.2 Å². The van der Waals surface area contributed by atoms with E-state index < -0.39 is 0 Å². The van der Waals surface area contributed by atoms with Crippen LogP contribution in [0.4, 0.5) is 0 Å². The van der Waals surface area contributed by atoms with Crippen LogP contribution in [0.1, 0.15) is 10.5 Å². The Hall–Kier alpha value is -1.71. The van der Waals surface area contributed by atoms with Crippen molar-refractivity contribution in [3.63, 3.8) is 0 Å². The zero-order chi connectivity index (χ0) is 7.68. The Labute approximate surface area is 62.3 Å². The van der Waals surface area contributed by atoms with E-state index in [0.29, 0.717) is 11.3 Å². The van der Waals surface area contributed by atoms with Crippen LogP contribution in [0.2, 0.25) is 0 Å². The van der Waals surface area contributed by atoms with Crippen molar-refractivity contribution in [2.75, 3.05) is 0 Å². The molecule has 0 unspecified atom stereocenters. The molecule has 0 aliphatic rings. The highest BCUT2D eigenvalue weighted by atomic mass is 16.1. The molecule has 4 heteroatoms. The van der Waals surface area contributed by atoms with Gasteiger partial charge in [-0.2, -0.15) is 0 Å². The first-order valence-electron chi connectivity index (χ1n) is 3.14. The topological polar surface area (TPSA) is 58.6 Å². The van der Waals surface area contributed by atoms with Gasteiger partial charge in [-0.25, -0.2) is 9.97 Å². The fraction of sp³-hybridized carbons (Fsp3) is 0. The lowest BCUT2D eigenvalue weighted by Crippen LogP contribution is -1.78. The zero-order valence-electron chi connectivity index (χ0n) is 5.61. The Morgan fingerprint density at radius 3 is 3.18 bits per heavy atom. The lowest BCUT2D eigenvalue weighted by molar-refractivity contribution is 0.112. The third kappa shape index (κ3) is 0.881. The first-order chi connectivity index (χ1) is 5.40. The Bertz CT molecular complexity index is 360. The Morgan fingerprint density at radius 1 is 1.55 bits per heavy atom. The Morgan fingerprint density at radius 2 is 2.45 bits per heavy atom. The van der Waals surface area contributed by atoms with Crippen molar-refractivity contribution in [3.05, 3.63) is 24.3 Å². The highest BCUT2D eigenvalue weighted by Gasteiger charge is 1.98. The van der Waals surface area contributed by atoms with Gasteiger partial charge < -0.3 is 4.98 Å². The minimum absolute atomic E-state index is 0.528. The van der Waals surface area contributed by atoms with Gasteiger partial charge in [0, 0.05) is 11.6 Å². The van der Waals surface area contributed by atoms with E-state index in [-0.39, 0.29) is 0 Å². The second-order valence-corrected chi connectivity index (χ2v) is 2.17. The number of nitrogens with zero attached hydrogens (tertiary/aromatic N) is 2. The lowest BCUT2D eigenvalue weighted by atomic mass is 10.4. The molecule has 2 rings (SSSR count). The Balaban J connectivity index is 2.78. The number of rotatable bonds is 1. The number of hydrogen-bond donors (Lipinski definition) is 1. The molecule has 0 aliphatic heterocycles. The van der Waals surface area contributed by atoms with Crippen molar-refractivity contribution >= 4 is 17.3 Å². The van der Waals surface area contributed by atoms with Crippen LogP contribution in [0.5, 0.6) is 0 Å². The maximum atomic E-state index is 10.3. The minimum Gasteiger partial charge on any atom is -0.337 e. The quantitative estimate of drug-likeness (QED) is 0.606. The van der Waals surface area contributed by atoms with Crippen LogP contribution in [-0.2, 0) is 0 Å². The zero-order valence-corrected chi connectivity index (χ0v) is 5.61. The molecule has 2 aromatic rings. The Kier molecular flexibility index (Phi) is 1.18. The molecule has 0 fully saturated rings. The van der Waals surface area contributed by atoms with E-state index in [1.807, 2.05) is 0 Å². The molecule has 2 heterocycles. The van der Waals surface area contributed by atoms with Crippen LogP contribution in [0.15, 0.2) is 18.6 Å². The summed E-state index contributed by atoms with van der Waals surface area (Å²) in [6.07, 6.45) is 3.85. The summed E-state index contributed by atoms with van der Waals surface area (Å²) in [7, 11) is 0. The molecule has 1 N–H and O–H groups in total. The van der Waals surface area contributed by atoms with Crippen molar-refractivity contribution in [3.8, 4) is 0 Å². The van der Waals surface area contributed by atoms with Crippen LogP contribution < -0.4 is 0 Å². The maximum Gasteiger partial charge on any atom is 0.166 e. The molecule has 0 bridgehead atoms. The molecule has 0 saturated heterocycles. The smallest absolute Gasteiger partial charge is 0.166 e. The average molecular weight is 147 g/mol. The number of aromatic amines is 1. The predicted octanol–water partition coefficient (Wildman–Crippen LogP) is 0.770. The minimum atomic E-state index is 0.528. The van der Waals surface area contributed by atoms with Gasteiger partial charge >= 0.3 is 0 Å². The molecule has 0 spiro atoms. The average Bonchev–Trinajstić information content (AvgIpc) is 2.46. The summed E-state index contributed by atoms with van der Waals surface area (Å²) in [6, 6.07) is 1.71. The second kappa shape index (κ2) is 2.16. The predicted molar refractivity (Wildman–Crippen MR) is 39.3 cm³/mol. The SMILES string of the molecule is O=Cc1cc2cncnc2[nH]1. The van der Waals surface area contributed by atoms with Gasteiger partial charge in [0.05, 0.1) is 5.69 Å². The van der Waals surface area contributed by atoms with Gasteiger partial charge in [0.2, 0.25) is 0 Å². The summed E-state index contributed by atoms with van der Waals surface area (Å²) in [5, 5.41) is 0.856. The van der Waals surface area contributed by atoms with Gasteiger partial charge in [0.25, 0.3) is 0 Å². The number of aromatic nitrogens is 3. The van der Waals surface area contributed by atoms with E-state index in [1.54, 1.807) is 12.3 Å². The van der Waals surface area contributed by atoms with Crippen molar-refractivity contribution in [1.82, 2.24) is 15.0 Å². The molecule has 2 aromatic heterocycles. The normalized spacial score (nSPS) is 10.2. The fourth-order valence-electron chi connectivity index (χ4n) is 0.954. The van der Waals surface area contributed by atoms with Gasteiger partial charge in [-0.3, -0.25) is 4.79 Å². The van der Waals surface area contributed by atoms with Crippen LogP contribution in [0, 0.1) is 0 Å². The van der Waals surface area contributed by atoms with Gasteiger partial charge in [-0.1, -0.05) is 0 Å². The van der Waals surface area contributed by atoms with Gasteiger partial charge in [-0.05, 0) is 6.07 Å². The lowest BCUT2D eigenvalue weighted by Gasteiger charge is -1.82. The molecule has 0 aliphatic carbocycles. The molecule has 54 valence electrons. The van der Waals surface area contributed by atoms with E-state index >= 15 is 0 Å². The van der Waals surface area contributed by atoms with E-state index in [2.05, 4.69) is 15.0 Å². The van der Waals surface area contributed by atoms with E-state index in [4.69, 9.17) is 0 Å². The van der Waals surface area contributed by atoms with Crippen LogP contribution in [0.3, 0.4) is 0 Å². The molecule has 11 heavy (non-hydrogen) atoms. The summed E-state index contributed by atoms with van der Waals surface area (Å²) in [6.45, 7) is 0. The largest absolute Gasteiger partial charge is 0.337 e. The number of H-pyrrole nitrogens is 1. The molecule has 4 nitrogen and oxygen atoms in total. The number of fused-ring (bicyclic) bond motifs is 1. The number of aldehydes is 1. The third-order valence-corrected chi connectivity index (χ3v) is 1.44. The molecule has 0 aromatic carbocycles. The fourth-order valence-corrected chi connectivity index (χ4v) is 0.954. The molecule has 0 atom stereocenters. The summed E-state index contributed by atoms with van der Waals surface area (Å²) in [5.41, 5.74) is 1.22. The van der Waals surface area contributed by atoms with Crippen LogP contribution in [0.25, 0.3) is 11.0 Å². The van der Waals surface area contributed by atoms with Crippen LogP contribution >= 0.6 is 0 Å². The maximum absolute atomic E-state index is 10.3. The highest BCUT2D eigenvalue weighted by molar-refractivity contribution is 5.84. The van der Waals surface area contributed by atoms with Crippen molar-refractivity contribution in [1.29, 1.82) is 0 Å². The van der Waals surface area contributed by atoms with Gasteiger partial charge in [0.15, 0.2) is 6.29 Å². The van der Waals surface area contributed by atoms with Crippen molar-refractivity contribution in [2.45, 2.75) is 0 Å². The van der Waals surface area contributed by atoms with E-state index in [1.165, 1.54) is 6.33 Å². The van der Waals surface area contributed by atoms with Crippen molar-refractivity contribution in [2.24, 2.45) is 0 Å². The van der Waals surface area contributed by atoms with Gasteiger partial charge in [0.1, 0.15) is 12.0 Å². The van der Waals surface area contributed by atoms with E-state index in [9.17, 15) is 4.79 Å². The number of carbonyl (C=O) groups is 1. The number of nitrogens with one attached hydrogen (secondary N) is 1. The number of carbonyl (C=O) groups excluding carboxylic acids is 1. The van der Waals surface area contributed by atoms with Gasteiger partial charge in [-0.15, -0.1) is 0 Å². The highest BCUT2D eigenvalue weighted by Crippen LogP contribution is 2.08. The molecular formula is C7H5N3O.